The molecule has 34 heavy (non-hydrogen) atoms. The minimum absolute atomic E-state index is 0.181. The van der Waals surface area contributed by atoms with Crippen LogP contribution in [0.1, 0.15) is 57.8 Å². The van der Waals surface area contributed by atoms with Gasteiger partial charge in [0.1, 0.15) is 18.5 Å². The Balaban J connectivity index is 2.83. The Morgan fingerprint density at radius 2 is 1.38 bits per heavy atom. The van der Waals surface area contributed by atoms with Crippen LogP contribution in [-0.4, -0.2) is 92.0 Å². The lowest BCUT2D eigenvalue weighted by molar-refractivity contribution is -0.158. The summed E-state index contributed by atoms with van der Waals surface area (Å²) in [6, 6.07) is -4.94. The molecule has 0 radical (unpaired) electrons. The molecule has 0 aromatic carbocycles. The summed E-state index contributed by atoms with van der Waals surface area (Å²) in [5, 5.41) is 30.4. The van der Waals surface area contributed by atoms with Crippen LogP contribution in [0.15, 0.2) is 0 Å². The van der Waals surface area contributed by atoms with Gasteiger partial charge in [0.25, 0.3) is 0 Å². The van der Waals surface area contributed by atoms with E-state index in [2.05, 4.69) is 5.32 Å². The third-order valence-electron chi connectivity index (χ3n) is 5.16. The first kappa shape index (κ1) is 28.5. The fourth-order valence-electron chi connectivity index (χ4n) is 3.44. The van der Waals surface area contributed by atoms with Crippen LogP contribution in [0.25, 0.3) is 0 Å². The van der Waals surface area contributed by atoms with Crippen molar-refractivity contribution in [3.63, 3.8) is 0 Å². The summed E-state index contributed by atoms with van der Waals surface area (Å²) < 4.78 is 0. The number of nitrogens with zero attached hydrogens (tertiary/aromatic N) is 2. The molecule has 14 heteroatoms. The lowest BCUT2D eigenvalue weighted by Gasteiger charge is -2.38. The number of nitrogens with two attached hydrogens (primary N) is 1. The van der Waals surface area contributed by atoms with Crippen LogP contribution in [0.3, 0.4) is 0 Å². The maximum Gasteiger partial charge on any atom is 0.335 e. The molecular weight excluding hydrogens is 456 g/mol. The van der Waals surface area contributed by atoms with Gasteiger partial charge >= 0.3 is 23.9 Å². The summed E-state index contributed by atoms with van der Waals surface area (Å²) in [6.07, 6.45) is -0.173. The molecule has 1 fully saturated rings. The van der Waals surface area contributed by atoms with E-state index in [1.165, 1.54) is 0 Å². The third-order valence-corrected chi connectivity index (χ3v) is 5.16. The molecule has 0 saturated carbocycles. The molecule has 190 valence electrons. The van der Waals surface area contributed by atoms with E-state index >= 15 is 0 Å². The summed E-state index contributed by atoms with van der Waals surface area (Å²) in [4.78, 5) is 83.9. The standard InChI is InChI=1S/C20H30N4O10/c21-9-3-1-6-14(25)22-10-4-2-5-12(18(30)31)23-15(26)11-16(27)24(20(23)34)13(19(32)33)7-8-17(28)29/h12-13H,1-11,21H2,(H,22,25)(H,28,29)(H,30,31)(H,32,33)/t12-,13?/m0/s1. The summed E-state index contributed by atoms with van der Waals surface area (Å²) in [5.74, 6) is -6.96. The molecule has 0 spiro atoms. The Bertz CT molecular complexity index is 815. The molecule has 0 bridgehead atoms. The SMILES string of the molecule is NCCCCC(=O)NCCCC[C@@H](C(=O)O)N1C(=O)CC(=O)N(C(CCC(=O)O)C(=O)O)C1=O. The van der Waals surface area contributed by atoms with E-state index in [4.69, 9.17) is 10.8 Å². The van der Waals surface area contributed by atoms with Crippen LogP contribution in [0, 0.1) is 0 Å². The van der Waals surface area contributed by atoms with Gasteiger partial charge in [0.2, 0.25) is 17.7 Å². The number of carbonyl (C=O) groups is 7. The summed E-state index contributed by atoms with van der Waals surface area (Å²) >= 11 is 0. The Kier molecular flexibility index (Phi) is 11.6. The van der Waals surface area contributed by atoms with Crippen LogP contribution in [0.2, 0.25) is 0 Å². The zero-order chi connectivity index (χ0) is 25.8. The molecule has 1 rings (SSSR count). The highest BCUT2D eigenvalue weighted by atomic mass is 16.4. The minimum atomic E-state index is -1.87. The van der Waals surface area contributed by atoms with Crippen LogP contribution < -0.4 is 11.1 Å². The van der Waals surface area contributed by atoms with Gasteiger partial charge in [-0.15, -0.1) is 0 Å². The van der Waals surface area contributed by atoms with Crippen molar-refractivity contribution >= 4 is 41.7 Å². The molecule has 2 atom stereocenters. The number of hydrogen-bond acceptors (Lipinski definition) is 8. The van der Waals surface area contributed by atoms with Gasteiger partial charge in [0.05, 0.1) is 0 Å². The normalized spacial score (nSPS) is 15.7. The number of hydrogen-bond donors (Lipinski definition) is 5. The minimum Gasteiger partial charge on any atom is -0.481 e. The number of carbonyl (C=O) groups excluding carboxylic acids is 4. The van der Waals surface area contributed by atoms with E-state index in [9.17, 15) is 43.8 Å². The van der Waals surface area contributed by atoms with Crippen molar-refractivity contribution < 1.29 is 48.9 Å². The molecule has 0 aromatic heterocycles. The first-order valence-electron chi connectivity index (χ1n) is 10.8. The molecule has 0 aromatic rings. The van der Waals surface area contributed by atoms with Gasteiger partial charge < -0.3 is 26.4 Å². The molecule has 1 unspecified atom stereocenters. The van der Waals surface area contributed by atoms with Crippen molar-refractivity contribution in [3.8, 4) is 0 Å². The Hall–Kier alpha value is -3.55. The topological polar surface area (TPSA) is 225 Å². The molecule has 6 N–H and O–H groups in total. The van der Waals surface area contributed by atoms with Crippen LogP contribution in [-0.2, 0) is 28.8 Å². The summed E-state index contributed by atoms with van der Waals surface area (Å²) in [5.41, 5.74) is 5.36. The summed E-state index contributed by atoms with van der Waals surface area (Å²) in [6.45, 7) is 0.726. The predicted molar refractivity (Wildman–Crippen MR) is 113 cm³/mol. The number of unbranched alkanes of at least 4 members (excludes halogenated alkanes) is 2. The number of imide groups is 2. The van der Waals surface area contributed by atoms with E-state index in [1.54, 1.807) is 0 Å². The molecule has 1 saturated heterocycles. The number of amides is 5. The largest absolute Gasteiger partial charge is 0.481 e. The number of nitrogens with one attached hydrogen (secondary N) is 1. The molecule has 14 nitrogen and oxygen atoms in total. The highest BCUT2D eigenvalue weighted by molar-refractivity contribution is 6.16. The Morgan fingerprint density at radius 1 is 0.824 bits per heavy atom. The summed E-state index contributed by atoms with van der Waals surface area (Å²) in [7, 11) is 0. The maximum absolute atomic E-state index is 12.9. The smallest absolute Gasteiger partial charge is 0.335 e. The quantitative estimate of drug-likeness (QED) is 0.136. The highest BCUT2D eigenvalue weighted by Gasteiger charge is 2.48. The lowest BCUT2D eigenvalue weighted by Crippen LogP contribution is -2.63. The van der Waals surface area contributed by atoms with Crippen LogP contribution in [0.4, 0.5) is 4.79 Å². The second-order valence-corrected chi connectivity index (χ2v) is 7.72. The van der Waals surface area contributed by atoms with Crippen molar-refractivity contribution in [2.24, 2.45) is 5.73 Å². The Morgan fingerprint density at radius 3 is 1.88 bits per heavy atom. The van der Waals surface area contributed by atoms with Gasteiger partial charge in [-0.05, 0) is 45.1 Å². The van der Waals surface area contributed by atoms with Crippen molar-refractivity contribution in [2.45, 2.75) is 69.9 Å². The van der Waals surface area contributed by atoms with Crippen molar-refractivity contribution in [2.75, 3.05) is 13.1 Å². The first-order valence-corrected chi connectivity index (χ1v) is 10.8. The van der Waals surface area contributed by atoms with E-state index in [0.717, 1.165) is 0 Å². The number of carboxylic acid groups (broad SMARTS) is 3. The van der Waals surface area contributed by atoms with Crippen molar-refractivity contribution in [1.82, 2.24) is 15.1 Å². The molecule has 5 amide bonds. The van der Waals surface area contributed by atoms with Crippen molar-refractivity contribution in [3.05, 3.63) is 0 Å². The van der Waals surface area contributed by atoms with E-state index in [1.807, 2.05) is 0 Å². The van der Waals surface area contributed by atoms with Gasteiger partial charge in [-0.2, -0.15) is 0 Å². The molecule has 1 heterocycles. The van der Waals surface area contributed by atoms with Gasteiger partial charge in [-0.3, -0.25) is 19.2 Å². The van der Waals surface area contributed by atoms with Gasteiger partial charge in [0, 0.05) is 19.4 Å². The van der Waals surface area contributed by atoms with Gasteiger partial charge in [-0.1, -0.05) is 0 Å². The number of urea groups is 1. The van der Waals surface area contributed by atoms with Crippen LogP contribution >= 0.6 is 0 Å². The van der Waals surface area contributed by atoms with Gasteiger partial charge in [-0.25, -0.2) is 24.2 Å². The number of carboxylic acids is 3. The maximum atomic E-state index is 12.9. The zero-order valence-corrected chi connectivity index (χ0v) is 18.6. The molecular formula is C20H30N4O10. The molecule has 1 aliphatic heterocycles. The second-order valence-electron chi connectivity index (χ2n) is 7.72. The van der Waals surface area contributed by atoms with E-state index < -0.39 is 67.1 Å². The fraction of sp³-hybridized carbons (Fsp3) is 0.650. The second kappa shape index (κ2) is 13.9. The van der Waals surface area contributed by atoms with Gasteiger partial charge in [0.15, 0.2) is 0 Å². The first-order chi connectivity index (χ1) is 16.0. The van der Waals surface area contributed by atoms with Crippen molar-refractivity contribution in [1.29, 1.82) is 0 Å². The molecule has 0 aliphatic carbocycles. The highest BCUT2D eigenvalue weighted by Crippen LogP contribution is 2.23. The molecule has 1 aliphatic rings. The zero-order valence-electron chi connectivity index (χ0n) is 18.6. The monoisotopic (exact) mass is 486 g/mol. The number of aliphatic carboxylic acids is 3. The number of rotatable bonds is 16. The van der Waals surface area contributed by atoms with E-state index in [0.29, 0.717) is 37.1 Å². The number of barbiturate groups is 1. The van der Waals surface area contributed by atoms with E-state index in [-0.39, 0.29) is 30.2 Å². The third kappa shape index (κ3) is 8.42. The van der Waals surface area contributed by atoms with Crippen LogP contribution in [0.5, 0.6) is 0 Å². The fourth-order valence-corrected chi connectivity index (χ4v) is 3.44. The lowest BCUT2D eigenvalue weighted by atomic mass is 10.0. The average Bonchev–Trinajstić information content (AvgIpc) is 2.73. The average molecular weight is 486 g/mol. The Labute approximate surface area is 195 Å². The predicted octanol–water partition coefficient (Wildman–Crippen LogP) is -0.646.